The molecular formula is C19H26N2S. The Morgan fingerprint density at radius 2 is 2.05 bits per heavy atom. The first-order chi connectivity index (χ1) is 10.7. The molecule has 1 aliphatic rings. The van der Waals surface area contributed by atoms with Crippen LogP contribution in [0.1, 0.15) is 35.9 Å². The van der Waals surface area contributed by atoms with Gasteiger partial charge in [-0.15, -0.1) is 0 Å². The lowest BCUT2D eigenvalue weighted by Crippen LogP contribution is -2.27. The summed E-state index contributed by atoms with van der Waals surface area (Å²) in [7, 11) is 4.39. The van der Waals surface area contributed by atoms with Gasteiger partial charge in [0, 0.05) is 12.6 Å². The molecule has 1 saturated heterocycles. The van der Waals surface area contributed by atoms with Gasteiger partial charge in [-0.1, -0.05) is 30.3 Å². The highest BCUT2D eigenvalue weighted by Gasteiger charge is 2.24. The maximum Gasteiger partial charge on any atom is 0.0362 e. The van der Waals surface area contributed by atoms with Crippen molar-refractivity contribution in [2.45, 2.75) is 24.8 Å². The fraction of sp³-hybridized carbons (Fsp3) is 0.474. The molecule has 118 valence electrons. The normalized spacial score (nSPS) is 20.6. The molecule has 1 aliphatic heterocycles. The molecule has 1 aromatic heterocycles. The summed E-state index contributed by atoms with van der Waals surface area (Å²) in [4.78, 5) is 4.99. The fourth-order valence-corrected chi connectivity index (χ4v) is 4.23. The molecule has 0 bridgehead atoms. The zero-order valence-corrected chi connectivity index (χ0v) is 14.4. The van der Waals surface area contributed by atoms with Gasteiger partial charge in [0.2, 0.25) is 0 Å². The lowest BCUT2D eigenvalue weighted by Gasteiger charge is -2.26. The van der Waals surface area contributed by atoms with E-state index in [9.17, 15) is 0 Å². The standard InChI is InChI=1S/C19H26N2S/c1-20(2)19(18-10-13-22-15-18)9-12-21-11-8-17(14-21)16-6-4-3-5-7-16/h3-7,10,13,15,17,19H,8-9,11-12,14H2,1-2H3/t17-,19-/m1/s1. The number of likely N-dealkylation sites (tertiary alicyclic amines) is 1. The van der Waals surface area contributed by atoms with E-state index >= 15 is 0 Å². The number of benzene rings is 1. The van der Waals surface area contributed by atoms with Crippen molar-refractivity contribution >= 4 is 11.3 Å². The first kappa shape index (κ1) is 15.7. The smallest absolute Gasteiger partial charge is 0.0362 e. The van der Waals surface area contributed by atoms with E-state index in [0.717, 1.165) is 5.92 Å². The highest BCUT2D eigenvalue weighted by molar-refractivity contribution is 7.07. The van der Waals surface area contributed by atoms with Crippen LogP contribution in [0.25, 0.3) is 0 Å². The summed E-state index contributed by atoms with van der Waals surface area (Å²) in [5, 5.41) is 4.48. The third-order valence-electron chi connectivity index (χ3n) is 4.81. The maximum atomic E-state index is 2.64. The molecule has 0 amide bonds. The molecule has 0 unspecified atom stereocenters. The van der Waals surface area contributed by atoms with E-state index in [0.29, 0.717) is 6.04 Å². The van der Waals surface area contributed by atoms with Crippen LogP contribution in [0.2, 0.25) is 0 Å². The van der Waals surface area contributed by atoms with Crippen molar-refractivity contribution in [3.63, 3.8) is 0 Å². The van der Waals surface area contributed by atoms with E-state index in [-0.39, 0.29) is 0 Å². The number of rotatable bonds is 6. The van der Waals surface area contributed by atoms with Crippen molar-refractivity contribution in [2.24, 2.45) is 0 Å². The predicted molar refractivity (Wildman–Crippen MR) is 95.6 cm³/mol. The summed E-state index contributed by atoms with van der Waals surface area (Å²) >= 11 is 1.80. The number of hydrogen-bond acceptors (Lipinski definition) is 3. The molecule has 0 aliphatic carbocycles. The minimum Gasteiger partial charge on any atom is -0.303 e. The largest absolute Gasteiger partial charge is 0.303 e. The average Bonchev–Trinajstić information content (AvgIpc) is 3.20. The molecule has 0 N–H and O–H groups in total. The summed E-state index contributed by atoms with van der Waals surface area (Å²) in [6, 6.07) is 13.8. The zero-order chi connectivity index (χ0) is 15.4. The van der Waals surface area contributed by atoms with Gasteiger partial charge in [0.1, 0.15) is 0 Å². The first-order valence-electron chi connectivity index (χ1n) is 8.20. The average molecular weight is 314 g/mol. The summed E-state index contributed by atoms with van der Waals surface area (Å²) in [6.45, 7) is 3.65. The minimum atomic E-state index is 0.544. The molecule has 3 heteroatoms. The van der Waals surface area contributed by atoms with Gasteiger partial charge in [0.25, 0.3) is 0 Å². The second-order valence-corrected chi connectivity index (χ2v) is 7.30. The quantitative estimate of drug-likeness (QED) is 0.787. The maximum absolute atomic E-state index is 2.64. The number of nitrogens with zero attached hydrogens (tertiary/aromatic N) is 2. The zero-order valence-electron chi connectivity index (χ0n) is 13.6. The molecule has 2 aromatic rings. The van der Waals surface area contributed by atoms with Gasteiger partial charge in [0.15, 0.2) is 0 Å². The van der Waals surface area contributed by atoms with Gasteiger partial charge in [-0.05, 0) is 73.9 Å². The first-order valence-corrected chi connectivity index (χ1v) is 9.14. The number of thiophene rings is 1. The van der Waals surface area contributed by atoms with Crippen LogP contribution in [0, 0.1) is 0 Å². The fourth-order valence-electron chi connectivity index (χ4n) is 3.53. The molecule has 2 heterocycles. The molecule has 2 nitrogen and oxygen atoms in total. The van der Waals surface area contributed by atoms with Crippen molar-refractivity contribution in [1.29, 1.82) is 0 Å². The van der Waals surface area contributed by atoms with E-state index in [1.54, 1.807) is 11.3 Å². The molecule has 2 atom stereocenters. The van der Waals surface area contributed by atoms with E-state index < -0.39 is 0 Å². The summed E-state index contributed by atoms with van der Waals surface area (Å²) in [5.74, 6) is 0.722. The second-order valence-electron chi connectivity index (χ2n) is 6.52. The highest BCUT2D eigenvalue weighted by atomic mass is 32.1. The van der Waals surface area contributed by atoms with Gasteiger partial charge in [-0.3, -0.25) is 0 Å². The van der Waals surface area contributed by atoms with Crippen LogP contribution in [0.4, 0.5) is 0 Å². The summed E-state index contributed by atoms with van der Waals surface area (Å²) < 4.78 is 0. The van der Waals surface area contributed by atoms with Crippen LogP contribution in [-0.2, 0) is 0 Å². The molecule has 22 heavy (non-hydrogen) atoms. The summed E-state index contributed by atoms with van der Waals surface area (Å²) in [5.41, 5.74) is 2.97. The van der Waals surface area contributed by atoms with E-state index in [1.165, 1.54) is 43.6 Å². The van der Waals surface area contributed by atoms with Crippen LogP contribution in [0.15, 0.2) is 47.2 Å². The molecule has 3 rings (SSSR count). The minimum absolute atomic E-state index is 0.544. The van der Waals surface area contributed by atoms with Crippen LogP contribution in [0.5, 0.6) is 0 Å². The van der Waals surface area contributed by atoms with Crippen molar-refractivity contribution in [1.82, 2.24) is 9.80 Å². The predicted octanol–water partition coefficient (Wildman–Crippen LogP) is 4.23. The lowest BCUT2D eigenvalue weighted by molar-refractivity contribution is 0.238. The van der Waals surface area contributed by atoms with Crippen molar-refractivity contribution in [3.05, 3.63) is 58.3 Å². The lowest BCUT2D eigenvalue weighted by atomic mass is 9.99. The molecule has 0 radical (unpaired) electrons. The van der Waals surface area contributed by atoms with Crippen molar-refractivity contribution in [3.8, 4) is 0 Å². The Hall–Kier alpha value is -1.16. The third-order valence-corrected chi connectivity index (χ3v) is 5.51. The Labute approximate surface area is 138 Å². The number of hydrogen-bond donors (Lipinski definition) is 0. The molecule has 1 aromatic carbocycles. The van der Waals surface area contributed by atoms with Crippen LogP contribution < -0.4 is 0 Å². The Kier molecular flexibility index (Phi) is 5.29. The topological polar surface area (TPSA) is 6.48 Å². The van der Waals surface area contributed by atoms with E-state index in [2.05, 4.69) is 71.1 Å². The van der Waals surface area contributed by atoms with Gasteiger partial charge >= 0.3 is 0 Å². The molecule has 1 fully saturated rings. The van der Waals surface area contributed by atoms with E-state index in [4.69, 9.17) is 0 Å². The highest BCUT2D eigenvalue weighted by Crippen LogP contribution is 2.29. The van der Waals surface area contributed by atoms with Gasteiger partial charge in [-0.25, -0.2) is 0 Å². The van der Waals surface area contributed by atoms with Gasteiger partial charge < -0.3 is 9.80 Å². The molecule has 0 spiro atoms. The second kappa shape index (κ2) is 7.40. The van der Waals surface area contributed by atoms with Crippen molar-refractivity contribution < 1.29 is 0 Å². The Morgan fingerprint density at radius 1 is 1.23 bits per heavy atom. The SMILES string of the molecule is CN(C)[C@H](CCN1CC[C@@H](c2ccccc2)C1)c1ccsc1. The van der Waals surface area contributed by atoms with Crippen LogP contribution in [-0.4, -0.2) is 43.5 Å². The van der Waals surface area contributed by atoms with Crippen LogP contribution in [0.3, 0.4) is 0 Å². The Balaban J connectivity index is 1.54. The Bertz CT molecular complexity index is 550. The Morgan fingerprint density at radius 3 is 2.73 bits per heavy atom. The van der Waals surface area contributed by atoms with Crippen LogP contribution >= 0.6 is 11.3 Å². The van der Waals surface area contributed by atoms with Gasteiger partial charge in [0.05, 0.1) is 0 Å². The van der Waals surface area contributed by atoms with Gasteiger partial charge in [-0.2, -0.15) is 11.3 Å². The van der Waals surface area contributed by atoms with E-state index in [1.807, 2.05) is 0 Å². The van der Waals surface area contributed by atoms with Crippen molar-refractivity contribution in [2.75, 3.05) is 33.7 Å². The monoisotopic (exact) mass is 314 g/mol. The third kappa shape index (κ3) is 3.78. The summed E-state index contributed by atoms with van der Waals surface area (Å²) in [6.07, 6.45) is 2.51. The molecular weight excluding hydrogens is 288 g/mol. The molecule has 0 saturated carbocycles.